The zero-order valence-corrected chi connectivity index (χ0v) is 13.4. The predicted octanol–water partition coefficient (Wildman–Crippen LogP) is 1.15. The number of rotatable bonds is 2. The Morgan fingerprint density at radius 2 is 1.96 bits per heavy atom. The van der Waals surface area contributed by atoms with Crippen molar-refractivity contribution in [2.75, 3.05) is 29.4 Å². The lowest BCUT2D eigenvalue weighted by Crippen LogP contribution is -2.31. The van der Waals surface area contributed by atoms with Crippen molar-refractivity contribution in [2.45, 2.75) is 19.8 Å². The van der Waals surface area contributed by atoms with Crippen LogP contribution in [0.1, 0.15) is 18.4 Å². The van der Waals surface area contributed by atoms with Gasteiger partial charge in [0.2, 0.25) is 11.9 Å². The first kappa shape index (κ1) is 14.2. The maximum Gasteiger partial charge on any atom is 0.227 e. The third kappa shape index (κ3) is 2.46. The first-order chi connectivity index (χ1) is 11.0. The van der Waals surface area contributed by atoms with E-state index in [1.165, 1.54) is 0 Å². The molecule has 0 aliphatic carbocycles. The third-order valence-corrected chi connectivity index (χ3v) is 4.81. The van der Waals surface area contributed by atoms with Gasteiger partial charge >= 0.3 is 0 Å². The molecule has 2 saturated heterocycles. The van der Waals surface area contributed by atoms with E-state index in [0.29, 0.717) is 6.42 Å². The van der Waals surface area contributed by atoms with Gasteiger partial charge in [0, 0.05) is 57.1 Å². The van der Waals surface area contributed by atoms with Gasteiger partial charge in [0.15, 0.2) is 0 Å². The molecule has 7 nitrogen and oxygen atoms in total. The molecule has 1 atom stereocenters. The molecule has 0 saturated carbocycles. The average molecular weight is 312 g/mol. The van der Waals surface area contributed by atoms with Crippen LogP contribution in [0.4, 0.5) is 11.6 Å². The highest BCUT2D eigenvalue weighted by Gasteiger charge is 2.48. The van der Waals surface area contributed by atoms with Gasteiger partial charge in [-0.25, -0.2) is 9.97 Å². The summed E-state index contributed by atoms with van der Waals surface area (Å²) in [5.41, 5.74) is 1.95. The van der Waals surface area contributed by atoms with Gasteiger partial charge in [0.05, 0.1) is 11.9 Å². The number of amides is 1. The van der Waals surface area contributed by atoms with Gasteiger partial charge in [0.1, 0.15) is 0 Å². The fraction of sp³-hybridized carbons (Fsp3) is 0.500. The molecule has 0 bridgehead atoms. The Morgan fingerprint density at radius 3 is 2.65 bits per heavy atom. The highest BCUT2D eigenvalue weighted by Crippen LogP contribution is 2.42. The van der Waals surface area contributed by atoms with Crippen LogP contribution in [-0.4, -0.2) is 45.3 Å². The van der Waals surface area contributed by atoms with Crippen molar-refractivity contribution < 1.29 is 4.79 Å². The van der Waals surface area contributed by atoms with Gasteiger partial charge in [-0.05, 0) is 18.9 Å². The number of anilines is 2. The minimum Gasteiger partial charge on any atom is -0.340 e. The number of carbonyl (C=O) groups excluding carboxylic acids is 1. The van der Waals surface area contributed by atoms with Crippen LogP contribution < -0.4 is 9.80 Å². The summed E-state index contributed by atoms with van der Waals surface area (Å²) in [5.74, 6) is 0.949. The van der Waals surface area contributed by atoms with E-state index in [9.17, 15) is 4.79 Å². The lowest BCUT2D eigenvalue weighted by molar-refractivity contribution is -0.117. The van der Waals surface area contributed by atoms with Gasteiger partial charge < -0.3 is 9.80 Å². The number of nitrogens with zero attached hydrogens (tertiary/aromatic N) is 6. The summed E-state index contributed by atoms with van der Waals surface area (Å²) < 4.78 is 1.73. The van der Waals surface area contributed by atoms with Crippen LogP contribution in [0.3, 0.4) is 0 Å². The Bertz CT molecular complexity index is 739. The molecule has 1 spiro atoms. The van der Waals surface area contributed by atoms with E-state index in [0.717, 1.165) is 43.3 Å². The average Bonchev–Trinajstić information content (AvgIpc) is 3.20. The number of hydrogen-bond donors (Lipinski definition) is 0. The van der Waals surface area contributed by atoms with E-state index < -0.39 is 0 Å². The second-order valence-corrected chi connectivity index (χ2v) is 6.76. The van der Waals surface area contributed by atoms with Gasteiger partial charge in [-0.1, -0.05) is 0 Å². The minimum absolute atomic E-state index is 0.00116. The monoisotopic (exact) mass is 312 g/mol. The van der Waals surface area contributed by atoms with E-state index in [4.69, 9.17) is 0 Å². The molecule has 2 fully saturated rings. The Labute approximate surface area is 134 Å². The van der Waals surface area contributed by atoms with Crippen LogP contribution in [0.5, 0.6) is 0 Å². The van der Waals surface area contributed by atoms with Crippen molar-refractivity contribution in [3.05, 3.63) is 30.4 Å². The first-order valence-electron chi connectivity index (χ1n) is 7.87. The molecule has 2 aliphatic rings. The molecule has 4 rings (SSSR count). The quantitative estimate of drug-likeness (QED) is 0.832. The molecule has 120 valence electrons. The largest absolute Gasteiger partial charge is 0.340 e. The number of hydrogen-bond acceptors (Lipinski definition) is 5. The summed E-state index contributed by atoms with van der Waals surface area (Å²) in [6, 6.07) is 0. The Kier molecular flexibility index (Phi) is 3.11. The summed E-state index contributed by atoms with van der Waals surface area (Å²) in [7, 11) is 1.87. The molecule has 2 aromatic heterocycles. The lowest BCUT2D eigenvalue weighted by atomic mass is 9.86. The smallest absolute Gasteiger partial charge is 0.227 e. The SMILES string of the molecule is Cc1cnc(N2CC[C@]3(CC(=O)N(c4cnn(C)c4)C3)C2)nc1. The van der Waals surface area contributed by atoms with Crippen LogP contribution in [-0.2, 0) is 11.8 Å². The normalized spacial score (nSPS) is 24.2. The van der Waals surface area contributed by atoms with Gasteiger partial charge in [0.25, 0.3) is 0 Å². The highest BCUT2D eigenvalue weighted by molar-refractivity contribution is 5.96. The molecule has 0 radical (unpaired) electrons. The van der Waals surface area contributed by atoms with Crippen molar-refractivity contribution >= 4 is 17.5 Å². The van der Waals surface area contributed by atoms with Crippen molar-refractivity contribution in [3.8, 4) is 0 Å². The molecule has 2 aromatic rings. The van der Waals surface area contributed by atoms with E-state index in [-0.39, 0.29) is 11.3 Å². The van der Waals surface area contributed by atoms with Crippen molar-refractivity contribution in [1.82, 2.24) is 19.7 Å². The molecule has 7 heteroatoms. The fourth-order valence-electron chi connectivity index (χ4n) is 3.61. The van der Waals surface area contributed by atoms with Crippen molar-refractivity contribution in [1.29, 1.82) is 0 Å². The van der Waals surface area contributed by atoms with Crippen LogP contribution >= 0.6 is 0 Å². The first-order valence-corrected chi connectivity index (χ1v) is 7.87. The van der Waals surface area contributed by atoms with E-state index in [1.807, 2.05) is 37.5 Å². The number of carbonyl (C=O) groups is 1. The summed E-state index contributed by atoms with van der Waals surface area (Å²) in [4.78, 5) is 25.4. The van der Waals surface area contributed by atoms with Crippen LogP contribution in [0, 0.1) is 12.3 Å². The van der Waals surface area contributed by atoms with Crippen LogP contribution in [0.2, 0.25) is 0 Å². The van der Waals surface area contributed by atoms with Crippen LogP contribution in [0.25, 0.3) is 0 Å². The molecule has 2 aliphatic heterocycles. The molecule has 4 heterocycles. The summed E-state index contributed by atoms with van der Waals surface area (Å²) in [5, 5.41) is 4.17. The Hall–Kier alpha value is -2.44. The van der Waals surface area contributed by atoms with Gasteiger partial charge in [-0.15, -0.1) is 0 Å². The van der Waals surface area contributed by atoms with Crippen molar-refractivity contribution in [2.24, 2.45) is 12.5 Å². The second-order valence-electron chi connectivity index (χ2n) is 6.76. The maximum absolute atomic E-state index is 12.5. The van der Waals surface area contributed by atoms with E-state index >= 15 is 0 Å². The highest BCUT2D eigenvalue weighted by atomic mass is 16.2. The Balaban J connectivity index is 1.52. The lowest BCUT2D eigenvalue weighted by Gasteiger charge is -2.23. The van der Waals surface area contributed by atoms with Gasteiger partial charge in [-0.3, -0.25) is 9.48 Å². The number of aryl methyl sites for hydroxylation is 2. The standard InChI is InChI=1S/C16H20N6O/c1-12-6-17-15(18-7-12)21-4-3-16(10-21)5-14(23)22(11-16)13-8-19-20(2)9-13/h6-9H,3-5,10-11H2,1-2H3/t16-/m0/s1. The van der Waals surface area contributed by atoms with Crippen molar-refractivity contribution in [3.63, 3.8) is 0 Å². The molecular formula is C16H20N6O. The van der Waals surface area contributed by atoms with E-state index in [1.54, 1.807) is 10.9 Å². The third-order valence-electron chi connectivity index (χ3n) is 4.81. The molecule has 23 heavy (non-hydrogen) atoms. The Morgan fingerprint density at radius 1 is 1.17 bits per heavy atom. The molecular weight excluding hydrogens is 292 g/mol. The zero-order valence-electron chi connectivity index (χ0n) is 13.4. The topological polar surface area (TPSA) is 67.2 Å². The second kappa shape index (κ2) is 5.04. The minimum atomic E-state index is 0.00116. The summed E-state index contributed by atoms with van der Waals surface area (Å²) >= 11 is 0. The fourth-order valence-corrected chi connectivity index (χ4v) is 3.61. The zero-order chi connectivity index (χ0) is 16.0. The van der Waals surface area contributed by atoms with E-state index in [2.05, 4.69) is 20.0 Å². The van der Waals surface area contributed by atoms with Crippen LogP contribution in [0.15, 0.2) is 24.8 Å². The molecule has 0 N–H and O–H groups in total. The predicted molar refractivity (Wildman–Crippen MR) is 86.2 cm³/mol. The summed E-state index contributed by atoms with van der Waals surface area (Å²) in [6.45, 7) is 4.46. The molecule has 0 unspecified atom stereocenters. The number of aromatic nitrogens is 4. The molecule has 0 aromatic carbocycles. The maximum atomic E-state index is 12.5. The summed E-state index contributed by atoms with van der Waals surface area (Å²) in [6.07, 6.45) is 8.92. The van der Waals surface area contributed by atoms with Gasteiger partial charge in [-0.2, -0.15) is 5.10 Å². The molecule has 1 amide bonds.